The minimum absolute atomic E-state index is 0.0288. The van der Waals surface area contributed by atoms with Crippen LogP contribution in [0.2, 0.25) is 0 Å². The van der Waals surface area contributed by atoms with E-state index in [2.05, 4.69) is 10.6 Å². The van der Waals surface area contributed by atoms with Crippen LogP contribution in [-0.2, 0) is 9.84 Å². The first kappa shape index (κ1) is 15.5. The van der Waals surface area contributed by atoms with Crippen molar-refractivity contribution in [3.63, 3.8) is 0 Å². The summed E-state index contributed by atoms with van der Waals surface area (Å²) in [4.78, 5) is 11.4. The van der Waals surface area contributed by atoms with Crippen LogP contribution < -0.4 is 10.6 Å². The SMILES string of the molecule is CS(=O)(=O)c1ccc(NC(=O)NC2C=CCCC2)cc1F. The third kappa shape index (κ3) is 4.29. The minimum Gasteiger partial charge on any atom is -0.332 e. The molecule has 1 unspecified atom stereocenters. The lowest BCUT2D eigenvalue weighted by molar-refractivity contribution is 0.249. The van der Waals surface area contributed by atoms with Crippen molar-refractivity contribution < 1.29 is 17.6 Å². The number of carbonyl (C=O) groups is 1. The summed E-state index contributed by atoms with van der Waals surface area (Å²) in [5, 5.41) is 5.24. The number of anilines is 1. The second kappa shape index (κ2) is 6.26. The maximum absolute atomic E-state index is 13.7. The molecule has 0 bridgehead atoms. The number of hydrogen-bond acceptors (Lipinski definition) is 3. The van der Waals surface area contributed by atoms with Gasteiger partial charge in [0.05, 0.1) is 0 Å². The van der Waals surface area contributed by atoms with E-state index in [-0.39, 0.29) is 16.6 Å². The number of benzene rings is 1. The van der Waals surface area contributed by atoms with Gasteiger partial charge in [0, 0.05) is 18.0 Å². The lowest BCUT2D eigenvalue weighted by atomic mass is 10.0. The van der Waals surface area contributed by atoms with E-state index < -0.39 is 21.7 Å². The molecule has 1 atom stereocenters. The molecule has 0 fully saturated rings. The molecule has 0 heterocycles. The summed E-state index contributed by atoms with van der Waals surface area (Å²) in [5.74, 6) is -0.882. The molecule has 1 aliphatic rings. The molecule has 21 heavy (non-hydrogen) atoms. The van der Waals surface area contributed by atoms with E-state index in [9.17, 15) is 17.6 Å². The Hall–Kier alpha value is -1.89. The number of rotatable bonds is 3. The number of allylic oxidation sites excluding steroid dienone is 1. The number of carbonyl (C=O) groups excluding carboxylic acids is 1. The van der Waals surface area contributed by atoms with Gasteiger partial charge in [-0.25, -0.2) is 17.6 Å². The van der Waals surface area contributed by atoms with Crippen molar-refractivity contribution in [3.05, 3.63) is 36.2 Å². The third-order valence-corrected chi connectivity index (χ3v) is 4.29. The van der Waals surface area contributed by atoms with Crippen molar-refractivity contribution in [2.45, 2.75) is 30.2 Å². The van der Waals surface area contributed by atoms with Crippen LogP contribution >= 0.6 is 0 Å². The summed E-state index contributed by atoms with van der Waals surface area (Å²) in [5.41, 5.74) is 0.206. The Bertz CT molecular complexity index is 671. The van der Waals surface area contributed by atoms with Crippen molar-refractivity contribution in [2.24, 2.45) is 0 Å². The summed E-state index contributed by atoms with van der Waals surface area (Å²) in [6.45, 7) is 0. The zero-order chi connectivity index (χ0) is 15.5. The molecular weight excluding hydrogens is 295 g/mol. The Morgan fingerprint density at radius 2 is 2.14 bits per heavy atom. The maximum atomic E-state index is 13.7. The zero-order valence-corrected chi connectivity index (χ0v) is 12.4. The van der Waals surface area contributed by atoms with Gasteiger partial charge in [-0.1, -0.05) is 12.2 Å². The highest BCUT2D eigenvalue weighted by Crippen LogP contribution is 2.19. The van der Waals surface area contributed by atoms with E-state index in [1.54, 1.807) is 0 Å². The molecule has 1 aromatic rings. The van der Waals surface area contributed by atoms with Crippen molar-refractivity contribution >= 4 is 21.6 Å². The largest absolute Gasteiger partial charge is 0.332 e. The number of sulfone groups is 1. The van der Waals surface area contributed by atoms with Crippen LogP contribution in [0.1, 0.15) is 19.3 Å². The predicted octanol–water partition coefficient (Wildman–Crippen LogP) is 2.46. The lowest BCUT2D eigenvalue weighted by Crippen LogP contribution is -2.37. The Labute approximate surface area is 123 Å². The summed E-state index contributed by atoms with van der Waals surface area (Å²) in [6, 6.07) is 3.01. The number of nitrogens with one attached hydrogen (secondary N) is 2. The molecule has 2 amide bonds. The molecule has 0 saturated carbocycles. The fourth-order valence-electron chi connectivity index (χ4n) is 2.15. The lowest BCUT2D eigenvalue weighted by Gasteiger charge is -2.18. The van der Waals surface area contributed by atoms with Crippen molar-refractivity contribution in [2.75, 3.05) is 11.6 Å². The first-order chi connectivity index (χ1) is 9.86. The van der Waals surface area contributed by atoms with Gasteiger partial charge in [-0.05, 0) is 37.5 Å². The van der Waals surface area contributed by atoms with Gasteiger partial charge in [0.25, 0.3) is 0 Å². The van der Waals surface area contributed by atoms with Gasteiger partial charge in [-0.2, -0.15) is 0 Å². The highest BCUT2D eigenvalue weighted by atomic mass is 32.2. The van der Waals surface area contributed by atoms with Gasteiger partial charge in [-0.15, -0.1) is 0 Å². The second-order valence-corrected chi connectivity index (χ2v) is 6.97. The molecular formula is C14H17FN2O3S. The van der Waals surface area contributed by atoms with Gasteiger partial charge >= 0.3 is 6.03 Å². The average Bonchev–Trinajstić information content (AvgIpc) is 2.38. The van der Waals surface area contributed by atoms with Gasteiger partial charge in [0.1, 0.15) is 10.7 Å². The topological polar surface area (TPSA) is 75.3 Å². The normalized spacial score (nSPS) is 18.3. The first-order valence-corrected chi connectivity index (χ1v) is 8.49. The van der Waals surface area contributed by atoms with E-state index in [1.807, 2.05) is 12.2 Å². The van der Waals surface area contributed by atoms with E-state index in [1.165, 1.54) is 6.07 Å². The predicted molar refractivity (Wildman–Crippen MR) is 78.4 cm³/mol. The van der Waals surface area contributed by atoms with Crippen LogP contribution in [-0.4, -0.2) is 26.7 Å². The van der Waals surface area contributed by atoms with Crippen molar-refractivity contribution in [3.8, 4) is 0 Å². The monoisotopic (exact) mass is 312 g/mol. The molecule has 7 heteroatoms. The van der Waals surface area contributed by atoms with Crippen LogP contribution in [0.3, 0.4) is 0 Å². The molecule has 1 aliphatic carbocycles. The summed E-state index contributed by atoms with van der Waals surface area (Å²) >= 11 is 0. The van der Waals surface area contributed by atoms with E-state index in [0.717, 1.165) is 37.7 Å². The molecule has 2 N–H and O–H groups in total. The molecule has 5 nitrogen and oxygen atoms in total. The van der Waals surface area contributed by atoms with Gasteiger partial charge < -0.3 is 10.6 Å². The number of halogens is 1. The fraction of sp³-hybridized carbons (Fsp3) is 0.357. The molecule has 1 aromatic carbocycles. The number of urea groups is 1. The standard InChI is InChI=1S/C14H17FN2O3S/c1-21(19,20)13-8-7-11(9-12(13)15)17-14(18)16-10-5-3-2-4-6-10/h3,5,7-10H,2,4,6H2,1H3,(H2,16,17,18). The Morgan fingerprint density at radius 3 is 2.71 bits per heavy atom. The van der Waals surface area contributed by atoms with E-state index >= 15 is 0 Å². The van der Waals surface area contributed by atoms with Gasteiger partial charge in [-0.3, -0.25) is 0 Å². The maximum Gasteiger partial charge on any atom is 0.319 e. The third-order valence-electron chi connectivity index (χ3n) is 3.16. The van der Waals surface area contributed by atoms with Crippen LogP contribution in [0.5, 0.6) is 0 Å². The molecule has 0 radical (unpaired) electrons. The number of hydrogen-bond donors (Lipinski definition) is 2. The Morgan fingerprint density at radius 1 is 1.38 bits per heavy atom. The molecule has 0 aromatic heterocycles. The smallest absolute Gasteiger partial charge is 0.319 e. The van der Waals surface area contributed by atoms with Crippen molar-refractivity contribution in [1.29, 1.82) is 0 Å². The molecule has 0 spiro atoms. The Kier molecular flexibility index (Phi) is 4.62. The van der Waals surface area contributed by atoms with Crippen LogP contribution in [0.15, 0.2) is 35.2 Å². The summed E-state index contributed by atoms with van der Waals surface area (Å²) < 4.78 is 36.3. The zero-order valence-electron chi connectivity index (χ0n) is 11.6. The van der Waals surface area contributed by atoms with Crippen LogP contribution in [0, 0.1) is 5.82 Å². The Balaban J connectivity index is 2.03. The summed E-state index contributed by atoms with van der Waals surface area (Å²) in [7, 11) is -3.61. The fourth-order valence-corrected chi connectivity index (χ4v) is 2.88. The highest BCUT2D eigenvalue weighted by molar-refractivity contribution is 7.90. The molecule has 0 aliphatic heterocycles. The highest BCUT2D eigenvalue weighted by Gasteiger charge is 2.15. The van der Waals surface area contributed by atoms with E-state index in [0.29, 0.717) is 0 Å². The van der Waals surface area contributed by atoms with Crippen LogP contribution in [0.4, 0.5) is 14.9 Å². The van der Waals surface area contributed by atoms with Gasteiger partial charge in [0.15, 0.2) is 9.84 Å². The molecule has 0 saturated heterocycles. The summed E-state index contributed by atoms with van der Waals surface area (Å²) in [6.07, 6.45) is 7.76. The van der Waals surface area contributed by atoms with Crippen LogP contribution in [0.25, 0.3) is 0 Å². The van der Waals surface area contributed by atoms with E-state index in [4.69, 9.17) is 0 Å². The molecule has 2 rings (SSSR count). The second-order valence-electron chi connectivity index (χ2n) is 4.98. The van der Waals surface area contributed by atoms with Crippen molar-refractivity contribution in [1.82, 2.24) is 5.32 Å². The first-order valence-electron chi connectivity index (χ1n) is 6.60. The molecule has 114 valence electrons. The quantitative estimate of drug-likeness (QED) is 0.842. The minimum atomic E-state index is -3.61. The van der Waals surface area contributed by atoms with Gasteiger partial charge in [0.2, 0.25) is 0 Å². The number of amides is 2. The average molecular weight is 312 g/mol.